The maximum atomic E-state index is 11.8. The van der Waals surface area contributed by atoms with Crippen LogP contribution in [0, 0.1) is 11.3 Å². The molecule has 0 saturated carbocycles. The van der Waals surface area contributed by atoms with E-state index >= 15 is 0 Å². The first-order chi connectivity index (χ1) is 7.63. The van der Waals surface area contributed by atoms with Gasteiger partial charge < -0.3 is 10.2 Å². The van der Waals surface area contributed by atoms with Crippen LogP contribution in [0.4, 0.5) is 11.4 Å². The maximum Gasteiger partial charge on any atom is 0.246 e. The van der Waals surface area contributed by atoms with E-state index in [0.717, 1.165) is 11.4 Å². The molecule has 0 fully saturated rings. The van der Waals surface area contributed by atoms with Crippen LogP contribution in [0.3, 0.4) is 0 Å². The second kappa shape index (κ2) is 3.86. The van der Waals surface area contributed by atoms with Gasteiger partial charge in [0.25, 0.3) is 0 Å². The first kappa shape index (κ1) is 10.5. The van der Waals surface area contributed by atoms with Crippen molar-refractivity contribution in [1.82, 2.24) is 0 Å². The van der Waals surface area contributed by atoms with Gasteiger partial charge >= 0.3 is 0 Å². The highest BCUT2D eigenvalue weighted by Crippen LogP contribution is 2.31. The van der Waals surface area contributed by atoms with Gasteiger partial charge in [0.2, 0.25) is 5.91 Å². The number of nitrogens with zero attached hydrogens (tertiary/aromatic N) is 2. The molecule has 1 amide bonds. The van der Waals surface area contributed by atoms with Crippen LogP contribution in [0.2, 0.25) is 0 Å². The molecule has 0 radical (unpaired) electrons. The largest absolute Gasteiger partial charge is 0.374 e. The minimum atomic E-state index is 0.0622. The van der Waals surface area contributed by atoms with Gasteiger partial charge in [0.1, 0.15) is 0 Å². The van der Waals surface area contributed by atoms with Crippen LogP contribution in [0.25, 0.3) is 0 Å². The van der Waals surface area contributed by atoms with E-state index in [1.807, 2.05) is 19.9 Å². The van der Waals surface area contributed by atoms with Crippen LogP contribution in [0.1, 0.15) is 19.4 Å². The number of benzene rings is 1. The Hall–Kier alpha value is -2.02. The predicted molar refractivity (Wildman–Crippen MR) is 62.3 cm³/mol. The van der Waals surface area contributed by atoms with E-state index in [2.05, 4.69) is 11.4 Å². The van der Waals surface area contributed by atoms with Gasteiger partial charge in [-0.1, -0.05) is 0 Å². The molecule has 4 nitrogen and oxygen atoms in total. The maximum absolute atomic E-state index is 11.8. The van der Waals surface area contributed by atoms with Crippen LogP contribution < -0.4 is 10.2 Å². The molecular formula is C12H13N3O. The standard InChI is InChI=1S/C12H13N3O/c1-8(2)15-11-4-3-9(6-13)5-10(11)14-7-12(15)16/h3-5,8,14H,7H2,1-2H3. The average molecular weight is 215 g/mol. The van der Waals surface area contributed by atoms with Gasteiger partial charge in [-0.2, -0.15) is 5.26 Å². The third-order valence-electron chi connectivity index (χ3n) is 2.60. The summed E-state index contributed by atoms with van der Waals surface area (Å²) in [5, 5.41) is 11.8. The van der Waals surface area contributed by atoms with E-state index in [9.17, 15) is 4.79 Å². The predicted octanol–water partition coefficient (Wildman–Crippen LogP) is 1.73. The molecule has 1 aliphatic rings. The molecule has 0 spiro atoms. The lowest BCUT2D eigenvalue weighted by atomic mass is 10.1. The zero-order chi connectivity index (χ0) is 11.7. The smallest absolute Gasteiger partial charge is 0.246 e. The van der Waals surface area contributed by atoms with Crippen LogP contribution in [0.5, 0.6) is 0 Å². The quantitative estimate of drug-likeness (QED) is 0.776. The average Bonchev–Trinajstić information content (AvgIpc) is 2.27. The first-order valence-electron chi connectivity index (χ1n) is 5.23. The fourth-order valence-corrected chi connectivity index (χ4v) is 1.91. The minimum Gasteiger partial charge on any atom is -0.374 e. The molecule has 1 aromatic carbocycles. The van der Waals surface area contributed by atoms with Crippen LogP contribution >= 0.6 is 0 Å². The number of fused-ring (bicyclic) bond motifs is 1. The molecule has 0 aromatic heterocycles. The Morgan fingerprint density at radius 3 is 2.88 bits per heavy atom. The number of amides is 1. The molecule has 16 heavy (non-hydrogen) atoms. The Morgan fingerprint density at radius 1 is 1.50 bits per heavy atom. The van der Waals surface area contributed by atoms with Gasteiger partial charge in [0.05, 0.1) is 29.6 Å². The fourth-order valence-electron chi connectivity index (χ4n) is 1.91. The fraction of sp³-hybridized carbons (Fsp3) is 0.333. The van der Waals surface area contributed by atoms with Gasteiger partial charge in [0.15, 0.2) is 0 Å². The van der Waals surface area contributed by atoms with Crippen molar-refractivity contribution < 1.29 is 4.79 Å². The summed E-state index contributed by atoms with van der Waals surface area (Å²) in [6, 6.07) is 7.54. The lowest BCUT2D eigenvalue weighted by Crippen LogP contribution is -2.44. The second-order valence-corrected chi connectivity index (χ2v) is 4.05. The van der Waals surface area contributed by atoms with E-state index in [-0.39, 0.29) is 11.9 Å². The van der Waals surface area contributed by atoms with Crippen molar-refractivity contribution in [2.75, 3.05) is 16.8 Å². The Labute approximate surface area is 94.5 Å². The number of carbonyl (C=O) groups excluding carboxylic acids is 1. The second-order valence-electron chi connectivity index (χ2n) is 4.05. The zero-order valence-corrected chi connectivity index (χ0v) is 9.32. The number of hydrogen-bond acceptors (Lipinski definition) is 3. The summed E-state index contributed by atoms with van der Waals surface area (Å²) in [6.45, 7) is 4.25. The normalized spacial score (nSPS) is 14.4. The monoisotopic (exact) mass is 215 g/mol. The van der Waals surface area contributed by atoms with E-state index in [1.54, 1.807) is 17.0 Å². The van der Waals surface area contributed by atoms with Gasteiger partial charge in [-0.05, 0) is 32.0 Å². The summed E-state index contributed by atoms with van der Waals surface area (Å²) in [6.07, 6.45) is 0. The number of carbonyl (C=O) groups is 1. The van der Waals surface area contributed by atoms with Crippen molar-refractivity contribution in [3.05, 3.63) is 23.8 Å². The topological polar surface area (TPSA) is 56.1 Å². The number of nitriles is 1. The number of anilines is 2. The highest BCUT2D eigenvalue weighted by molar-refractivity contribution is 6.03. The summed E-state index contributed by atoms with van der Waals surface area (Å²) in [4.78, 5) is 13.5. The third kappa shape index (κ3) is 1.61. The van der Waals surface area contributed by atoms with Crippen LogP contribution in [-0.4, -0.2) is 18.5 Å². The summed E-state index contributed by atoms with van der Waals surface area (Å²) >= 11 is 0. The molecule has 0 saturated heterocycles. The molecule has 0 aliphatic carbocycles. The Kier molecular flexibility index (Phi) is 2.53. The van der Waals surface area contributed by atoms with Crippen molar-refractivity contribution in [2.45, 2.75) is 19.9 Å². The summed E-state index contributed by atoms with van der Waals surface area (Å²) in [5.41, 5.74) is 2.31. The zero-order valence-electron chi connectivity index (χ0n) is 9.32. The number of hydrogen-bond donors (Lipinski definition) is 1. The number of rotatable bonds is 1. The first-order valence-corrected chi connectivity index (χ1v) is 5.23. The lowest BCUT2D eigenvalue weighted by molar-refractivity contribution is -0.117. The third-order valence-corrected chi connectivity index (χ3v) is 2.60. The molecular weight excluding hydrogens is 202 g/mol. The van der Waals surface area contributed by atoms with Gasteiger partial charge in [-0.3, -0.25) is 4.79 Å². The van der Waals surface area contributed by atoms with Crippen LogP contribution in [-0.2, 0) is 4.79 Å². The van der Waals surface area contributed by atoms with Crippen molar-refractivity contribution in [3.63, 3.8) is 0 Å². The molecule has 1 aromatic rings. The Balaban J connectivity index is 2.49. The molecule has 0 atom stereocenters. The highest BCUT2D eigenvalue weighted by Gasteiger charge is 2.25. The van der Waals surface area contributed by atoms with Gasteiger partial charge in [0, 0.05) is 6.04 Å². The highest BCUT2D eigenvalue weighted by atomic mass is 16.2. The van der Waals surface area contributed by atoms with E-state index < -0.39 is 0 Å². The van der Waals surface area contributed by atoms with E-state index in [0.29, 0.717) is 12.1 Å². The molecule has 4 heteroatoms. The van der Waals surface area contributed by atoms with Crippen LogP contribution in [0.15, 0.2) is 18.2 Å². The Morgan fingerprint density at radius 2 is 2.25 bits per heavy atom. The lowest BCUT2D eigenvalue weighted by Gasteiger charge is -2.33. The number of nitrogens with one attached hydrogen (secondary N) is 1. The minimum absolute atomic E-state index is 0.0622. The molecule has 0 unspecified atom stereocenters. The van der Waals surface area contributed by atoms with Gasteiger partial charge in [-0.25, -0.2) is 0 Å². The van der Waals surface area contributed by atoms with Crippen molar-refractivity contribution in [2.24, 2.45) is 0 Å². The van der Waals surface area contributed by atoms with Crippen molar-refractivity contribution >= 4 is 17.3 Å². The van der Waals surface area contributed by atoms with Gasteiger partial charge in [-0.15, -0.1) is 0 Å². The van der Waals surface area contributed by atoms with E-state index in [1.165, 1.54) is 0 Å². The van der Waals surface area contributed by atoms with Crippen molar-refractivity contribution in [3.8, 4) is 6.07 Å². The SMILES string of the molecule is CC(C)N1C(=O)CNc2cc(C#N)ccc21. The molecule has 1 heterocycles. The van der Waals surface area contributed by atoms with E-state index in [4.69, 9.17) is 5.26 Å². The molecule has 2 rings (SSSR count). The van der Waals surface area contributed by atoms with Crippen molar-refractivity contribution in [1.29, 1.82) is 5.26 Å². The summed E-state index contributed by atoms with van der Waals surface area (Å²) < 4.78 is 0. The summed E-state index contributed by atoms with van der Waals surface area (Å²) in [7, 11) is 0. The molecule has 1 N–H and O–H groups in total. The molecule has 0 bridgehead atoms. The Bertz CT molecular complexity index is 474. The summed E-state index contributed by atoms with van der Waals surface area (Å²) in [5.74, 6) is 0.0622. The molecule has 82 valence electrons. The molecule has 1 aliphatic heterocycles.